The fourth-order valence-electron chi connectivity index (χ4n) is 3.99. The van der Waals surface area contributed by atoms with Crippen LogP contribution in [0.2, 0.25) is 5.02 Å². The van der Waals surface area contributed by atoms with Crippen molar-refractivity contribution in [1.29, 1.82) is 0 Å². The maximum atomic E-state index is 11.1. The Labute approximate surface area is 164 Å². The highest BCUT2D eigenvalue weighted by molar-refractivity contribution is 6.30. The van der Waals surface area contributed by atoms with Crippen molar-refractivity contribution in [3.63, 3.8) is 0 Å². The number of nitrogens with zero attached hydrogens (tertiary/aromatic N) is 2. The van der Waals surface area contributed by atoms with E-state index in [1.807, 2.05) is 24.3 Å². The summed E-state index contributed by atoms with van der Waals surface area (Å²) in [6.07, 6.45) is 3.23. The smallest absolute Gasteiger partial charge is 0.329 e. The van der Waals surface area contributed by atoms with Crippen LogP contribution in [0.25, 0.3) is 0 Å². The molecule has 1 heterocycles. The van der Waals surface area contributed by atoms with Crippen molar-refractivity contribution in [2.24, 2.45) is 16.8 Å². The first kappa shape index (κ1) is 20.0. The van der Waals surface area contributed by atoms with E-state index in [1.165, 1.54) is 0 Å². The standard InChI is InChI=1S/C20H26ClN3O3/c1-13(2)20-23-16-5-3-4-6-17(27-12-18(25)26)19(16)24(20,22)11-14-7-9-15(21)10-8-14/h7-10,13,17H,3-6,11-12,22H2,1-2H3/p+1. The van der Waals surface area contributed by atoms with Gasteiger partial charge in [0, 0.05) is 16.5 Å². The first-order chi connectivity index (χ1) is 12.8. The van der Waals surface area contributed by atoms with Crippen LogP contribution in [0.1, 0.15) is 45.1 Å². The predicted molar refractivity (Wildman–Crippen MR) is 105 cm³/mol. The van der Waals surface area contributed by atoms with Crippen molar-refractivity contribution >= 4 is 23.4 Å². The molecule has 0 radical (unpaired) electrons. The zero-order valence-corrected chi connectivity index (χ0v) is 16.6. The molecule has 1 aliphatic carbocycles. The first-order valence-corrected chi connectivity index (χ1v) is 9.76. The molecular weight excluding hydrogens is 366 g/mol. The molecular formula is C20H27ClN3O3+. The van der Waals surface area contributed by atoms with Gasteiger partial charge in [-0.2, -0.15) is 15.4 Å². The fourth-order valence-corrected chi connectivity index (χ4v) is 4.12. The van der Waals surface area contributed by atoms with Crippen LogP contribution in [0.4, 0.5) is 0 Å². The Balaban J connectivity index is 2.00. The highest BCUT2D eigenvalue weighted by Crippen LogP contribution is 2.40. The molecule has 2 unspecified atom stereocenters. The lowest BCUT2D eigenvalue weighted by Gasteiger charge is -2.35. The van der Waals surface area contributed by atoms with E-state index in [4.69, 9.17) is 32.3 Å². The summed E-state index contributed by atoms with van der Waals surface area (Å²) in [5.74, 6) is 7.06. The molecule has 0 fully saturated rings. The lowest BCUT2D eigenvalue weighted by Crippen LogP contribution is -2.59. The number of hydrogen-bond acceptors (Lipinski definition) is 4. The Morgan fingerprint density at radius 2 is 2.07 bits per heavy atom. The monoisotopic (exact) mass is 392 g/mol. The summed E-state index contributed by atoms with van der Waals surface area (Å²) in [5, 5.41) is 9.75. The van der Waals surface area contributed by atoms with Crippen LogP contribution in [-0.4, -0.2) is 34.2 Å². The molecule has 0 aromatic heterocycles. The minimum atomic E-state index is -0.975. The van der Waals surface area contributed by atoms with Crippen molar-refractivity contribution < 1.29 is 19.2 Å². The maximum Gasteiger partial charge on any atom is 0.329 e. The molecule has 2 atom stereocenters. The van der Waals surface area contributed by atoms with Gasteiger partial charge in [0.15, 0.2) is 5.70 Å². The van der Waals surface area contributed by atoms with E-state index in [-0.39, 0.29) is 23.2 Å². The summed E-state index contributed by atoms with van der Waals surface area (Å²) in [7, 11) is 0. The van der Waals surface area contributed by atoms with E-state index in [0.29, 0.717) is 11.6 Å². The van der Waals surface area contributed by atoms with Crippen molar-refractivity contribution in [1.82, 2.24) is 0 Å². The highest BCUT2D eigenvalue weighted by atomic mass is 35.5. The zero-order valence-electron chi connectivity index (χ0n) is 15.8. The molecule has 2 aliphatic rings. The van der Waals surface area contributed by atoms with Crippen molar-refractivity contribution in [3.8, 4) is 0 Å². The van der Waals surface area contributed by atoms with Crippen LogP contribution < -0.4 is 5.84 Å². The number of aliphatic carboxylic acids is 1. The molecule has 6 nitrogen and oxygen atoms in total. The Hall–Kier alpha value is -1.73. The molecule has 7 heteroatoms. The van der Waals surface area contributed by atoms with Crippen LogP contribution in [-0.2, 0) is 16.1 Å². The number of carbonyl (C=O) groups is 1. The molecule has 0 saturated carbocycles. The molecule has 0 saturated heterocycles. The zero-order chi connectivity index (χ0) is 19.6. The van der Waals surface area contributed by atoms with Gasteiger partial charge in [0.25, 0.3) is 0 Å². The van der Waals surface area contributed by atoms with E-state index in [0.717, 1.165) is 48.5 Å². The minimum Gasteiger partial charge on any atom is -0.480 e. The number of nitrogens with two attached hydrogens (primary N) is 1. The van der Waals surface area contributed by atoms with Crippen molar-refractivity contribution in [3.05, 3.63) is 46.2 Å². The third-order valence-corrected chi connectivity index (χ3v) is 5.34. The molecule has 3 N–H and O–H groups in total. The number of quaternary nitrogens is 1. The second kappa shape index (κ2) is 8.10. The van der Waals surface area contributed by atoms with E-state index in [1.54, 1.807) is 0 Å². The lowest BCUT2D eigenvalue weighted by atomic mass is 10.1. The Morgan fingerprint density at radius 3 is 2.70 bits per heavy atom. The molecule has 1 aromatic rings. The number of benzene rings is 1. The van der Waals surface area contributed by atoms with E-state index < -0.39 is 5.97 Å². The van der Waals surface area contributed by atoms with Crippen LogP contribution >= 0.6 is 11.6 Å². The van der Waals surface area contributed by atoms with Gasteiger partial charge in [0.2, 0.25) is 5.84 Å². The number of rotatable bonds is 6. The Bertz CT molecular complexity index is 773. The second-order valence-electron chi connectivity index (χ2n) is 7.55. The van der Waals surface area contributed by atoms with Gasteiger partial charge < -0.3 is 9.84 Å². The summed E-state index contributed by atoms with van der Waals surface area (Å²) >= 11 is 6.02. The van der Waals surface area contributed by atoms with Gasteiger partial charge in [-0.1, -0.05) is 37.6 Å². The molecule has 146 valence electrons. The topological polar surface area (TPSA) is 84.9 Å². The summed E-state index contributed by atoms with van der Waals surface area (Å²) < 4.78 is 5.84. The van der Waals surface area contributed by atoms with E-state index in [2.05, 4.69) is 13.8 Å². The van der Waals surface area contributed by atoms with Gasteiger partial charge in [-0.05, 0) is 37.8 Å². The SMILES string of the molecule is CC(C)C1=NC2=C(C(OCC(=O)O)CCCC2)[N+]1(N)Cc1ccc(Cl)cc1. The van der Waals surface area contributed by atoms with Gasteiger partial charge >= 0.3 is 5.97 Å². The lowest BCUT2D eigenvalue weighted by molar-refractivity contribution is -0.833. The first-order valence-electron chi connectivity index (χ1n) is 9.38. The highest BCUT2D eigenvalue weighted by Gasteiger charge is 2.49. The maximum absolute atomic E-state index is 11.1. The number of amidine groups is 1. The number of allylic oxidation sites excluding steroid dienone is 1. The third kappa shape index (κ3) is 4.24. The molecule has 0 bridgehead atoms. The Kier molecular flexibility index (Phi) is 6.01. The number of carboxylic acid groups (broad SMARTS) is 1. The summed E-state index contributed by atoms with van der Waals surface area (Å²) in [4.78, 5) is 16.0. The number of ether oxygens (including phenoxy) is 1. The fraction of sp³-hybridized carbons (Fsp3) is 0.500. The number of halogens is 1. The van der Waals surface area contributed by atoms with Crippen LogP contribution in [0.3, 0.4) is 0 Å². The second-order valence-corrected chi connectivity index (χ2v) is 7.99. The van der Waals surface area contributed by atoms with E-state index >= 15 is 0 Å². The van der Waals surface area contributed by atoms with Gasteiger partial charge in [0.1, 0.15) is 25.0 Å². The predicted octanol–water partition coefficient (Wildman–Crippen LogP) is 3.85. The molecule has 0 spiro atoms. The van der Waals surface area contributed by atoms with E-state index in [9.17, 15) is 4.79 Å². The van der Waals surface area contributed by atoms with Crippen LogP contribution in [0, 0.1) is 5.92 Å². The Morgan fingerprint density at radius 1 is 1.37 bits per heavy atom. The van der Waals surface area contributed by atoms with Gasteiger partial charge in [-0.3, -0.25) is 0 Å². The molecule has 27 heavy (non-hydrogen) atoms. The van der Waals surface area contributed by atoms with Crippen molar-refractivity contribution in [2.75, 3.05) is 6.61 Å². The number of aliphatic imine (C=N–C) groups is 1. The third-order valence-electron chi connectivity index (χ3n) is 5.09. The van der Waals surface area contributed by atoms with Gasteiger partial charge in [-0.15, -0.1) is 0 Å². The normalized spacial score (nSPS) is 25.4. The number of hydrogen-bond donors (Lipinski definition) is 2. The average molecular weight is 393 g/mol. The molecule has 1 aliphatic heterocycles. The minimum absolute atomic E-state index is 0.0684. The van der Waals surface area contributed by atoms with Crippen LogP contribution in [0.5, 0.6) is 0 Å². The largest absolute Gasteiger partial charge is 0.480 e. The average Bonchev–Trinajstić information content (AvgIpc) is 2.76. The quantitative estimate of drug-likeness (QED) is 0.568. The van der Waals surface area contributed by atoms with Gasteiger partial charge in [0.05, 0.1) is 0 Å². The van der Waals surface area contributed by atoms with Gasteiger partial charge in [-0.25, -0.2) is 4.79 Å². The summed E-state index contributed by atoms with van der Waals surface area (Å²) in [6, 6.07) is 7.64. The molecule has 1 aromatic carbocycles. The molecule has 3 rings (SSSR count). The molecule has 0 amide bonds. The number of carboxylic acids is 1. The summed E-state index contributed by atoms with van der Waals surface area (Å²) in [6.45, 7) is 4.36. The summed E-state index contributed by atoms with van der Waals surface area (Å²) in [5.41, 5.74) is 2.92. The van der Waals surface area contributed by atoms with Crippen LogP contribution in [0.15, 0.2) is 40.7 Å². The van der Waals surface area contributed by atoms with Crippen molar-refractivity contribution in [2.45, 2.75) is 52.2 Å².